The van der Waals surface area contributed by atoms with Crippen molar-refractivity contribution in [3.05, 3.63) is 28.8 Å². The lowest BCUT2D eigenvalue weighted by molar-refractivity contribution is -0.135. The molecule has 2 amide bonds. The van der Waals surface area contributed by atoms with Crippen LogP contribution in [0.3, 0.4) is 0 Å². The predicted octanol–water partition coefficient (Wildman–Crippen LogP) is -0.217. The van der Waals surface area contributed by atoms with Gasteiger partial charge in [-0.05, 0) is 19.9 Å². The Bertz CT molecular complexity index is 757. The molecular weight excluding hydrogens is 298 g/mol. The van der Waals surface area contributed by atoms with Crippen molar-refractivity contribution in [1.29, 1.82) is 0 Å². The molecule has 0 aromatic carbocycles. The number of amides is 2. The number of nitrogens with one attached hydrogen (secondary N) is 1. The van der Waals surface area contributed by atoms with Crippen molar-refractivity contribution in [3.8, 4) is 0 Å². The second-order valence-corrected chi connectivity index (χ2v) is 5.77. The zero-order valence-corrected chi connectivity index (χ0v) is 13.6. The van der Waals surface area contributed by atoms with Crippen molar-refractivity contribution < 1.29 is 9.59 Å². The molecule has 1 aliphatic heterocycles. The smallest absolute Gasteiger partial charge is 0.272 e. The second kappa shape index (κ2) is 5.49. The highest BCUT2D eigenvalue weighted by molar-refractivity contribution is 5.92. The molecule has 122 valence electrons. The molecule has 9 nitrogen and oxygen atoms in total. The van der Waals surface area contributed by atoms with E-state index >= 15 is 0 Å². The third kappa shape index (κ3) is 2.58. The van der Waals surface area contributed by atoms with Gasteiger partial charge in [0.25, 0.3) is 5.91 Å². The number of likely N-dealkylation sites (N-methyl/N-ethyl adjacent to an activating group) is 1. The third-order valence-corrected chi connectivity index (χ3v) is 4.12. The first-order chi connectivity index (χ1) is 10.9. The summed E-state index contributed by atoms with van der Waals surface area (Å²) >= 11 is 0. The van der Waals surface area contributed by atoms with E-state index in [2.05, 4.69) is 20.7 Å². The average molecular weight is 317 g/mol. The number of carbonyl (C=O) groups is 2. The van der Waals surface area contributed by atoms with Crippen molar-refractivity contribution in [3.63, 3.8) is 0 Å². The zero-order chi connectivity index (χ0) is 16.7. The minimum absolute atomic E-state index is 0.00180. The van der Waals surface area contributed by atoms with Crippen LogP contribution in [0.4, 0.5) is 0 Å². The largest absolute Gasteiger partial charge is 0.345 e. The summed E-state index contributed by atoms with van der Waals surface area (Å²) in [6.07, 6.45) is 0. The summed E-state index contributed by atoms with van der Waals surface area (Å²) in [6.45, 7) is 4.35. The number of nitrogens with zero attached hydrogens (tertiary/aromatic N) is 6. The van der Waals surface area contributed by atoms with Gasteiger partial charge in [-0.1, -0.05) is 5.21 Å². The van der Waals surface area contributed by atoms with E-state index in [1.54, 1.807) is 41.3 Å². The molecule has 3 heterocycles. The molecule has 0 saturated heterocycles. The number of hydrogen-bond acceptors (Lipinski definition) is 5. The summed E-state index contributed by atoms with van der Waals surface area (Å²) in [5, 5.41) is 15.1. The number of fused-ring (bicyclic) bond motifs is 1. The number of hydrogen-bond donors (Lipinski definition) is 1. The summed E-state index contributed by atoms with van der Waals surface area (Å²) in [5.74, 6) is -0.259. The molecular formula is C14H19N7O2. The highest BCUT2D eigenvalue weighted by atomic mass is 16.2. The monoisotopic (exact) mass is 317 g/mol. The fraction of sp³-hybridized carbons (Fsp3) is 0.500. The Morgan fingerprint density at radius 3 is 2.83 bits per heavy atom. The van der Waals surface area contributed by atoms with E-state index < -0.39 is 0 Å². The molecule has 0 spiro atoms. The van der Waals surface area contributed by atoms with Crippen LogP contribution in [0.2, 0.25) is 0 Å². The van der Waals surface area contributed by atoms with E-state index in [0.29, 0.717) is 17.9 Å². The fourth-order valence-electron chi connectivity index (χ4n) is 2.61. The Labute approximate surface area is 133 Å². The molecule has 0 bridgehead atoms. The van der Waals surface area contributed by atoms with E-state index in [9.17, 15) is 9.59 Å². The Hall–Kier alpha value is -2.71. The van der Waals surface area contributed by atoms with Crippen LogP contribution in [0, 0.1) is 6.92 Å². The van der Waals surface area contributed by atoms with Gasteiger partial charge in [-0.3, -0.25) is 14.3 Å². The maximum absolute atomic E-state index is 12.1. The molecule has 1 unspecified atom stereocenters. The quantitative estimate of drug-likeness (QED) is 0.844. The summed E-state index contributed by atoms with van der Waals surface area (Å²) in [5.41, 5.74) is 2.78. The van der Waals surface area contributed by atoms with Gasteiger partial charge in [0.2, 0.25) is 5.91 Å². The SMILES string of the molecule is Cc1cc(C(=O)NCc2nnn3c2CN(C)C(=O)C3C)nn1C. The fourth-order valence-corrected chi connectivity index (χ4v) is 2.61. The van der Waals surface area contributed by atoms with Gasteiger partial charge in [0.05, 0.1) is 18.8 Å². The molecule has 2 aromatic rings. The first kappa shape index (κ1) is 15.2. The van der Waals surface area contributed by atoms with Crippen molar-refractivity contribution in [2.45, 2.75) is 33.0 Å². The van der Waals surface area contributed by atoms with Crippen molar-refractivity contribution >= 4 is 11.8 Å². The third-order valence-electron chi connectivity index (χ3n) is 4.12. The number of rotatable bonds is 3. The second-order valence-electron chi connectivity index (χ2n) is 5.77. The standard InChI is InChI=1S/C14H19N7O2/c1-8-5-10(17-20(8)4)13(22)15-6-11-12-7-19(3)14(23)9(2)21(12)18-16-11/h5,9H,6-7H2,1-4H3,(H,15,22). The topological polar surface area (TPSA) is 97.9 Å². The van der Waals surface area contributed by atoms with Crippen molar-refractivity contribution in [1.82, 2.24) is 35.0 Å². The Morgan fingerprint density at radius 2 is 2.17 bits per heavy atom. The van der Waals surface area contributed by atoms with Crippen LogP contribution in [0.15, 0.2) is 6.07 Å². The lowest BCUT2D eigenvalue weighted by atomic mass is 10.2. The van der Waals surface area contributed by atoms with Gasteiger partial charge in [-0.25, -0.2) is 4.68 Å². The van der Waals surface area contributed by atoms with Gasteiger partial charge in [0.1, 0.15) is 17.4 Å². The van der Waals surface area contributed by atoms with Crippen LogP contribution in [0.5, 0.6) is 0 Å². The Balaban J connectivity index is 1.74. The molecule has 3 rings (SSSR count). The van der Waals surface area contributed by atoms with E-state index in [1.807, 2.05) is 6.92 Å². The molecule has 1 aliphatic rings. The lowest BCUT2D eigenvalue weighted by Crippen LogP contribution is -2.39. The molecule has 1 atom stereocenters. The number of aryl methyl sites for hydroxylation is 2. The average Bonchev–Trinajstić information content (AvgIpc) is 3.07. The van der Waals surface area contributed by atoms with E-state index in [4.69, 9.17) is 0 Å². The van der Waals surface area contributed by atoms with Gasteiger partial charge >= 0.3 is 0 Å². The first-order valence-electron chi connectivity index (χ1n) is 7.35. The summed E-state index contributed by atoms with van der Waals surface area (Å²) in [7, 11) is 3.53. The Kier molecular flexibility index (Phi) is 3.63. The number of carbonyl (C=O) groups excluding carboxylic acids is 2. The van der Waals surface area contributed by atoms with Crippen LogP contribution < -0.4 is 5.32 Å². The van der Waals surface area contributed by atoms with Crippen molar-refractivity contribution in [2.75, 3.05) is 7.05 Å². The zero-order valence-electron chi connectivity index (χ0n) is 13.6. The van der Waals surface area contributed by atoms with Crippen LogP contribution in [0.25, 0.3) is 0 Å². The van der Waals surface area contributed by atoms with Crippen molar-refractivity contribution in [2.24, 2.45) is 7.05 Å². The minimum atomic E-state index is -0.376. The summed E-state index contributed by atoms with van der Waals surface area (Å²) in [6, 6.07) is 1.35. The molecule has 2 aromatic heterocycles. The first-order valence-corrected chi connectivity index (χ1v) is 7.35. The Morgan fingerprint density at radius 1 is 1.43 bits per heavy atom. The summed E-state index contributed by atoms with van der Waals surface area (Å²) < 4.78 is 3.27. The van der Waals surface area contributed by atoms with E-state index in [-0.39, 0.29) is 24.4 Å². The highest BCUT2D eigenvalue weighted by Gasteiger charge is 2.31. The minimum Gasteiger partial charge on any atom is -0.345 e. The molecule has 1 N–H and O–H groups in total. The maximum atomic E-state index is 12.1. The number of aromatic nitrogens is 5. The van der Waals surface area contributed by atoms with Gasteiger partial charge in [0, 0.05) is 19.8 Å². The van der Waals surface area contributed by atoms with E-state index in [1.165, 1.54) is 0 Å². The lowest BCUT2D eigenvalue weighted by Gasteiger charge is -2.28. The summed E-state index contributed by atoms with van der Waals surface area (Å²) in [4.78, 5) is 25.7. The van der Waals surface area contributed by atoms with Gasteiger partial charge in [-0.15, -0.1) is 5.10 Å². The molecule has 23 heavy (non-hydrogen) atoms. The molecule has 0 saturated carbocycles. The van der Waals surface area contributed by atoms with Crippen LogP contribution in [0.1, 0.15) is 40.5 Å². The van der Waals surface area contributed by atoms with Gasteiger partial charge in [-0.2, -0.15) is 5.10 Å². The van der Waals surface area contributed by atoms with E-state index in [0.717, 1.165) is 11.4 Å². The van der Waals surface area contributed by atoms with Crippen LogP contribution >= 0.6 is 0 Å². The maximum Gasteiger partial charge on any atom is 0.272 e. The van der Waals surface area contributed by atoms with Gasteiger partial charge in [0.15, 0.2) is 0 Å². The molecule has 9 heteroatoms. The predicted molar refractivity (Wildman–Crippen MR) is 80.3 cm³/mol. The van der Waals surface area contributed by atoms with Gasteiger partial charge < -0.3 is 10.2 Å². The highest BCUT2D eigenvalue weighted by Crippen LogP contribution is 2.21. The van der Waals surface area contributed by atoms with Crippen LogP contribution in [-0.2, 0) is 24.9 Å². The molecule has 0 fully saturated rings. The molecule has 0 radical (unpaired) electrons. The normalized spacial score (nSPS) is 17.3. The molecule has 0 aliphatic carbocycles. The van der Waals surface area contributed by atoms with Crippen LogP contribution in [-0.4, -0.2) is 48.5 Å².